The Labute approximate surface area is 152 Å². The molecule has 136 valence electrons. The van der Waals surface area contributed by atoms with Crippen molar-refractivity contribution in [2.45, 2.75) is 6.54 Å². The van der Waals surface area contributed by atoms with E-state index in [4.69, 9.17) is 14.2 Å². The molecule has 26 heavy (non-hydrogen) atoms. The van der Waals surface area contributed by atoms with Crippen molar-refractivity contribution >= 4 is 11.6 Å². The van der Waals surface area contributed by atoms with E-state index in [1.165, 1.54) is 5.69 Å². The van der Waals surface area contributed by atoms with E-state index in [0.717, 1.165) is 31.9 Å². The molecule has 6 heteroatoms. The third-order valence-electron chi connectivity index (χ3n) is 4.72. The molecule has 0 aliphatic carbocycles. The molecule has 0 N–H and O–H groups in total. The first-order chi connectivity index (χ1) is 12.7. The topological polar surface area (TPSA) is 51.2 Å². The van der Waals surface area contributed by atoms with Crippen LogP contribution in [0.15, 0.2) is 42.5 Å². The van der Waals surface area contributed by atoms with Crippen LogP contribution in [-0.2, 0) is 11.3 Å². The standard InChI is InChI=1S/C20H22N2O4/c1-21(20(23)15-6-7-18-19(12-15)26-14-25-18)13-16-4-2-3-5-17(16)22-8-10-24-11-9-22/h2-7,12H,8-11,13-14H2,1H3. The molecule has 2 aliphatic heterocycles. The van der Waals surface area contributed by atoms with Gasteiger partial charge in [0, 0.05) is 37.9 Å². The average molecular weight is 354 g/mol. The first-order valence-electron chi connectivity index (χ1n) is 8.78. The van der Waals surface area contributed by atoms with Crippen LogP contribution in [0.1, 0.15) is 15.9 Å². The molecule has 2 aliphatic rings. The average Bonchev–Trinajstić information content (AvgIpc) is 3.16. The molecule has 1 amide bonds. The maximum absolute atomic E-state index is 12.8. The van der Waals surface area contributed by atoms with Crippen molar-refractivity contribution in [3.63, 3.8) is 0 Å². The Kier molecular flexibility index (Phi) is 4.67. The summed E-state index contributed by atoms with van der Waals surface area (Å²) in [7, 11) is 1.82. The number of carbonyl (C=O) groups is 1. The van der Waals surface area contributed by atoms with Crippen LogP contribution in [0.3, 0.4) is 0 Å². The summed E-state index contributed by atoms with van der Waals surface area (Å²) in [5.74, 6) is 1.26. The van der Waals surface area contributed by atoms with E-state index in [1.807, 2.05) is 19.2 Å². The van der Waals surface area contributed by atoms with Gasteiger partial charge in [0.1, 0.15) is 0 Å². The number of ether oxygens (including phenoxy) is 3. The molecule has 0 atom stereocenters. The van der Waals surface area contributed by atoms with Crippen LogP contribution >= 0.6 is 0 Å². The molecule has 6 nitrogen and oxygen atoms in total. The molecule has 4 rings (SSSR count). The number of hydrogen-bond donors (Lipinski definition) is 0. The van der Waals surface area contributed by atoms with Gasteiger partial charge in [-0.2, -0.15) is 0 Å². The lowest BCUT2D eigenvalue weighted by atomic mass is 10.1. The minimum absolute atomic E-state index is 0.0416. The number of amides is 1. The second-order valence-corrected chi connectivity index (χ2v) is 6.46. The summed E-state index contributed by atoms with van der Waals surface area (Å²) < 4.78 is 16.1. The van der Waals surface area contributed by atoms with Crippen LogP contribution in [0.25, 0.3) is 0 Å². The van der Waals surface area contributed by atoms with E-state index < -0.39 is 0 Å². The van der Waals surface area contributed by atoms with Gasteiger partial charge in [0.25, 0.3) is 5.91 Å². The Morgan fingerprint density at radius 2 is 1.85 bits per heavy atom. The van der Waals surface area contributed by atoms with Crippen molar-refractivity contribution in [2.75, 3.05) is 45.0 Å². The molecule has 1 fully saturated rings. The van der Waals surface area contributed by atoms with Crippen LogP contribution in [0.4, 0.5) is 5.69 Å². The largest absolute Gasteiger partial charge is 0.454 e. The molecular weight excluding hydrogens is 332 g/mol. The summed E-state index contributed by atoms with van der Waals surface area (Å²) in [6, 6.07) is 13.5. The molecule has 1 saturated heterocycles. The van der Waals surface area contributed by atoms with Gasteiger partial charge in [0.05, 0.1) is 13.2 Å². The number of benzene rings is 2. The number of fused-ring (bicyclic) bond motifs is 1. The van der Waals surface area contributed by atoms with Crippen molar-refractivity contribution in [3.05, 3.63) is 53.6 Å². The molecule has 0 radical (unpaired) electrons. The van der Waals surface area contributed by atoms with Gasteiger partial charge in [0.2, 0.25) is 6.79 Å². The molecule has 0 aromatic heterocycles. The Morgan fingerprint density at radius 1 is 1.08 bits per heavy atom. The zero-order chi connectivity index (χ0) is 17.9. The Hall–Kier alpha value is -2.73. The highest BCUT2D eigenvalue weighted by molar-refractivity contribution is 5.94. The summed E-state index contributed by atoms with van der Waals surface area (Å²) in [6.45, 7) is 3.96. The number of nitrogens with zero attached hydrogens (tertiary/aromatic N) is 2. The van der Waals surface area contributed by atoms with Crippen molar-refractivity contribution in [3.8, 4) is 11.5 Å². The summed E-state index contributed by atoms with van der Waals surface area (Å²) in [5, 5.41) is 0. The highest BCUT2D eigenvalue weighted by Crippen LogP contribution is 2.33. The second-order valence-electron chi connectivity index (χ2n) is 6.46. The van der Waals surface area contributed by atoms with Gasteiger partial charge in [-0.15, -0.1) is 0 Å². The summed E-state index contributed by atoms with van der Waals surface area (Å²) in [5.41, 5.74) is 2.90. The van der Waals surface area contributed by atoms with Crippen LogP contribution < -0.4 is 14.4 Å². The normalized spacial score (nSPS) is 15.8. The molecule has 0 bridgehead atoms. The maximum atomic E-state index is 12.8. The molecule has 0 spiro atoms. The van der Waals surface area contributed by atoms with E-state index >= 15 is 0 Å². The Morgan fingerprint density at radius 3 is 2.69 bits per heavy atom. The van der Waals surface area contributed by atoms with Crippen molar-refractivity contribution < 1.29 is 19.0 Å². The fourth-order valence-electron chi connectivity index (χ4n) is 3.33. The lowest BCUT2D eigenvalue weighted by Crippen LogP contribution is -2.37. The maximum Gasteiger partial charge on any atom is 0.254 e. The van der Waals surface area contributed by atoms with Crippen molar-refractivity contribution in [1.82, 2.24) is 4.90 Å². The van der Waals surface area contributed by atoms with E-state index in [9.17, 15) is 4.79 Å². The van der Waals surface area contributed by atoms with Gasteiger partial charge in [-0.1, -0.05) is 18.2 Å². The van der Waals surface area contributed by atoms with E-state index in [0.29, 0.717) is 23.6 Å². The van der Waals surface area contributed by atoms with Crippen LogP contribution in [0.2, 0.25) is 0 Å². The fraction of sp³-hybridized carbons (Fsp3) is 0.350. The third kappa shape index (κ3) is 3.32. The zero-order valence-electron chi connectivity index (χ0n) is 14.8. The third-order valence-corrected chi connectivity index (χ3v) is 4.72. The Bertz CT molecular complexity index is 802. The van der Waals surface area contributed by atoms with Gasteiger partial charge in [-0.3, -0.25) is 4.79 Å². The van der Waals surface area contributed by atoms with Crippen LogP contribution in [-0.4, -0.2) is 51.0 Å². The quantitative estimate of drug-likeness (QED) is 0.845. The second kappa shape index (κ2) is 7.25. The van der Waals surface area contributed by atoms with Gasteiger partial charge < -0.3 is 24.0 Å². The number of morpholine rings is 1. The van der Waals surface area contributed by atoms with Gasteiger partial charge in [-0.05, 0) is 29.8 Å². The molecule has 0 unspecified atom stereocenters. The lowest BCUT2D eigenvalue weighted by Gasteiger charge is -2.31. The molecule has 2 heterocycles. The van der Waals surface area contributed by atoms with E-state index in [1.54, 1.807) is 23.1 Å². The predicted molar refractivity (Wildman–Crippen MR) is 97.8 cm³/mol. The summed E-state index contributed by atoms with van der Waals surface area (Å²) >= 11 is 0. The first kappa shape index (κ1) is 16.7. The van der Waals surface area contributed by atoms with Gasteiger partial charge in [0.15, 0.2) is 11.5 Å². The van der Waals surface area contributed by atoms with E-state index in [2.05, 4.69) is 17.0 Å². The highest BCUT2D eigenvalue weighted by atomic mass is 16.7. The minimum Gasteiger partial charge on any atom is -0.454 e. The number of carbonyl (C=O) groups excluding carboxylic acids is 1. The van der Waals surface area contributed by atoms with Crippen molar-refractivity contribution in [2.24, 2.45) is 0 Å². The van der Waals surface area contributed by atoms with Gasteiger partial charge >= 0.3 is 0 Å². The number of anilines is 1. The molecular formula is C20H22N2O4. The predicted octanol–water partition coefficient (Wildman–Crippen LogP) is 2.52. The van der Waals surface area contributed by atoms with Crippen molar-refractivity contribution in [1.29, 1.82) is 0 Å². The van der Waals surface area contributed by atoms with E-state index in [-0.39, 0.29) is 12.7 Å². The number of hydrogen-bond acceptors (Lipinski definition) is 5. The fourth-order valence-corrected chi connectivity index (χ4v) is 3.33. The first-order valence-corrected chi connectivity index (χ1v) is 8.78. The Balaban J connectivity index is 1.51. The number of para-hydroxylation sites is 1. The summed E-state index contributed by atoms with van der Waals surface area (Å²) in [4.78, 5) is 16.9. The number of rotatable bonds is 4. The minimum atomic E-state index is -0.0416. The SMILES string of the molecule is CN(Cc1ccccc1N1CCOCC1)C(=O)c1ccc2c(c1)OCO2. The monoisotopic (exact) mass is 354 g/mol. The summed E-state index contributed by atoms with van der Waals surface area (Å²) in [6.07, 6.45) is 0. The molecule has 0 saturated carbocycles. The molecule has 2 aromatic carbocycles. The van der Waals surface area contributed by atoms with Crippen LogP contribution in [0, 0.1) is 0 Å². The smallest absolute Gasteiger partial charge is 0.254 e. The van der Waals surface area contributed by atoms with Gasteiger partial charge in [-0.25, -0.2) is 0 Å². The molecule has 2 aromatic rings. The zero-order valence-corrected chi connectivity index (χ0v) is 14.8. The highest BCUT2D eigenvalue weighted by Gasteiger charge is 2.20. The van der Waals surface area contributed by atoms with Crippen LogP contribution in [0.5, 0.6) is 11.5 Å². The lowest BCUT2D eigenvalue weighted by molar-refractivity contribution is 0.0784.